The van der Waals surface area contributed by atoms with E-state index in [2.05, 4.69) is 4.98 Å². The maximum Gasteiger partial charge on any atom is 0.231 e. The standard InChI is InChI=1S/C21H26N4O2S.ClH/c1-2-27-17-8-9-18-19(14-17)28-21(23-18)25(20(26)16-6-3-4-7-16)12-5-11-24-13-10-22-15-24;/h8-10,13-16H,2-7,11-12H2,1H3;1H. The van der Waals surface area contributed by atoms with Crippen molar-refractivity contribution in [3.05, 3.63) is 36.9 Å². The molecule has 1 aliphatic carbocycles. The molecule has 3 aromatic rings. The Bertz CT molecular complexity index is 922. The number of thiazole rings is 1. The van der Waals surface area contributed by atoms with Crippen LogP contribution in [0.3, 0.4) is 0 Å². The third kappa shape index (κ3) is 5.08. The van der Waals surface area contributed by atoms with Crippen molar-refractivity contribution in [3.8, 4) is 5.75 Å². The zero-order chi connectivity index (χ0) is 19.3. The number of fused-ring (bicyclic) bond motifs is 1. The molecule has 1 aromatic carbocycles. The van der Waals surface area contributed by atoms with Crippen LogP contribution in [0.5, 0.6) is 5.75 Å². The van der Waals surface area contributed by atoms with Crippen molar-refractivity contribution >= 4 is 45.0 Å². The fourth-order valence-corrected chi connectivity index (χ4v) is 4.81. The Kier molecular flexibility index (Phi) is 7.50. The molecule has 0 radical (unpaired) electrons. The van der Waals surface area contributed by atoms with Gasteiger partial charge in [0.1, 0.15) is 5.75 Å². The molecule has 2 aromatic heterocycles. The SMILES string of the molecule is CCOc1ccc2nc(N(CCCn3ccnc3)C(=O)C3CCCC3)sc2c1.Cl. The number of aromatic nitrogens is 3. The Morgan fingerprint density at radius 3 is 2.90 bits per heavy atom. The normalized spacial score (nSPS) is 14.1. The third-order valence-corrected chi connectivity index (χ3v) is 6.26. The molecule has 4 rings (SSSR count). The van der Waals surface area contributed by atoms with Gasteiger partial charge >= 0.3 is 0 Å². The number of amides is 1. The Morgan fingerprint density at radius 1 is 1.34 bits per heavy atom. The van der Waals surface area contributed by atoms with Crippen molar-refractivity contribution in [2.24, 2.45) is 5.92 Å². The van der Waals surface area contributed by atoms with E-state index in [4.69, 9.17) is 9.72 Å². The molecule has 0 atom stereocenters. The van der Waals surface area contributed by atoms with Gasteiger partial charge < -0.3 is 9.30 Å². The van der Waals surface area contributed by atoms with Gasteiger partial charge in [-0.25, -0.2) is 9.97 Å². The molecule has 0 bridgehead atoms. The highest BCUT2D eigenvalue weighted by Gasteiger charge is 2.29. The number of imidazole rings is 1. The average Bonchev–Trinajstić information content (AvgIpc) is 3.46. The summed E-state index contributed by atoms with van der Waals surface area (Å²) in [5.41, 5.74) is 0.919. The lowest BCUT2D eigenvalue weighted by atomic mass is 10.1. The minimum atomic E-state index is 0. The van der Waals surface area contributed by atoms with Crippen molar-refractivity contribution in [2.45, 2.75) is 45.6 Å². The second-order valence-electron chi connectivity index (χ2n) is 7.18. The highest BCUT2D eigenvalue weighted by molar-refractivity contribution is 7.22. The summed E-state index contributed by atoms with van der Waals surface area (Å²) < 4.78 is 8.71. The zero-order valence-electron chi connectivity index (χ0n) is 16.6. The number of hydrogen-bond acceptors (Lipinski definition) is 5. The largest absolute Gasteiger partial charge is 0.494 e. The highest BCUT2D eigenvalue weighted by Crippen LogP contribution is 2.34. The van der Waals surface area contributed by atoms with E-state index < -0.39 is 0 Å². The fraction of sp³-hybridized carbons (Fsp3) is 0.476. The van der Waals surface area contributed by atoms with Gasteiger partial charge in [-0.15, -0.1) is 12.4 Å². The van der Waals surface area contributed by atoms with E-state index in [1.54, 1.807) is 17.5 Å². The zero-order valence-corrected chi connectivity index (χ0v) is 18.3. The molecule has 2 heterocycles. The molecule has 1 amide bonds. The van der Waals surface area contributed by atoms with Crippen LogP contribution in [0.2, 0.25) is 0 Å². The maximum atomic E-state index is 13.2. The summed E-state index contributed by atoms with van der Waals surface area (Å²) in [5.74, 6) is 1.21. The van der Waals surface area contributed by atoms with E-state index in [1.165, 1.54) is 0 Å². The molecule has 0 unspecified atom stereocenters. The molecule has 6 nitrogen and oxygen atoms in total. The quantitative estimate of drug-likeness (QED) is 0.504. The summed E-state index contributed by atoms with van der Waals surface area (Å²) in [4.78, 5) is 24.0. The van der Waals surface area contributed by atoms with Crippen LogP contribution >= 0.6 is 23.7 Å². The van der Waals surface area contributed by atoms with Gasteiger partial charge in [-0.05, 0) is 44.4 Å². The number of nitrogens with zero attached hydrogens (tertiary/aromatic N) is 4. The van der Waals surface area contributed by atoms with Gasteiger partial charge in [0.15, 0.2) is 5.13 Å². The number of benzene rings is 1. The van der Waals surface area contributed by atoms with E-state index in [-0.39, 0.29) is 24.2 Å². The number of aryl methyl sites for hydroxylation is 1. The van der Waals surface area contributed by atoms with Gasteiger partial charge in [0.25, 0.3) is 0 Å². The maximum absolute atomic E-state index is 13.2. The van der Waals surface area contributed by atoms with E-state index in [0.717, 1.165) is 59.7 Å². The van der Waals surface area contributed by atoms with Crippen LogP contribution in [0.1, 0.15) is 39.0 Å². The molecule has 0 spiro atoms. The number of hydrogen-bond donors (Lipinski definition) is 0. The molecule has 8 heteroatoms. The minimum absolute atomic E-state index is 0. The van der Waals surface area contributed by atoms with Crippen LogP contribution in [0.15, 0.2) is 36.9 Å². The Labute approximate surface area is 181 Å². The van der Waals surface area contributed by atoms with Gasteiger partial charge in [0.2, 0.25) is 5.91 Å². The van der Waals surface area contributed by atoms with Crippen LogP contribution in [-0.2, 0) is 11.3 Å². The number of carbonyl (C=O) groups is 1. The molecule has 0 N–H and O–H groups in total. The van der Waals surface area contributed by atoms with E-state index in [1.807, 2.05) is 47.1 Å². The van der Waals surface area contributed by atoms with E-state index in [0.29, 0.717) is 13.2 Å². The first kappa shape index (κ1) is 21.6. The number of halogens is 1. The molecular formula is C21H27ClN4O2S. The first-order valence-electron chi connectivity index (χ1n) is 10.0. The topological polar surface area (TPSA) is 60.2 Å². The van der Waals surface area contributed by atoms with Crippen LogP contribution in [0, 0.1) is 5.92 Å². The molecule has 1 fully saturated rings. The molecule has 0 aliphatic heterocycles. The molecule has 156 valence electrons. The predicted octanol–water partition coefficient (Wildman–Crippen LogP) is 4.93. The van der Waals surface area contributed by atoms with Crippen molar-refractivity contribution < 1.29 is 9.53 Å². The number of anilines is 1. The van der Waals surface area contributed by atoms with E-state index in [9.17, 15) is 4.79 Å². The first-order valence-corrected chi connectivity index (χ1v) is 10.9. The number of ether oxygens (including phenoxy) is 1. The Morgan fingerprint density at radius 2 is 2.17 bits per heavy atom. The van der Waals surface area contributed by atoms with Gasteiger partial charge in [-0.1, -0.05) is 24.2 Å². The molecule has 0 saturated heterocycles. The third-order valence-electron chi connectivity index (χ3n) is 5.22. The average molecular weight is 435 g/mol. The molecule has 1 saturated carbocycles. The highest BCUT2D eigenvalue weighted by atomic mass is 35.5. The van der Waals surface area contributed by atoms with Gasteiger partial charge in [0, 0.05) is 31.4 Å². The fourth-order valence-electron chi connectivity index (χ4n) is 3.79. The van der Waals surface area contributed by atoms with Crippen LogP contribution in [0.25, 0.3) is 10.2 Å². The monoisotopic (exact) mass is 434 g/mol. The minimum Gasteiger partial charge on any atom is -0.494 e. The van der Waals surface area contributed by atoms with Crippen molar-refractivity contribution in [3.63, 3.8) is 0 Å². The predicted molar refractivity (Wildman–Crippen MR) is 119 cm³/mol. The summed E-state index contributed by atoms with van der Waals surface area (Å²) in [5, 5.41) is 0.797. The number of rotatable bonds is 8. The Hall–Kier alpha value is -2.12. The first-order chi connectivity index (χ1) is 13.7. The summed E-state index contributed by atoms with van der Waals surface area (Å²) in [6.45, 7) is 4.13. The lowest BCUT2D eigenvalue weighted by Crippen LogP contribution is -2.36. The van der Waals surface area contributed by atoms with Crippen LogP contribution in [0.4, 0.5) is 5.13 Å². The molecular weight excluding hydrogens is 408 g/mol. The van der Waals surface area contributed by atoms with Crippen molar-refractivity contribution in [1.29, 1.82) is 0 Å². The Balaban J connectivity index is 0.00000240. The summed E-state index contributed by atoms with van der Waals surface area (Å²) in [6.07, 6.45) is 10.7. The summed E-state index contributed by atoms with van der Waals surface area (Å²) in [7, 11) is 0. The molecule has 1 aliphatic rings. The van der Waals surface area contributed by atoms with Gasteiger partial charge in [0.05, 0.1) is 23.2 Å². The second-order valence-corrected chi connectivity index (χ2v) is 8.19. The summed E-state index contributed by atoms with van der Waals surface area (Å²) in [6, 6.07) is 5.94. The van der Waals surface area contributed by atoms with Crippen LogP contribution in [-0.4, -0.2) is 33.6 Å². The molecule has 29 heavy (non-hydrogen) atoms. The lowest BCUT2D eigenvalue weighted by molar-refractivity contribution is -0.122. The summed E-state index contributed by atoms with van der Waals surface area (Å²) >= 11 is 1.58. The van der Waals surface area contributed by atoms with E-state index >= 15 is 0 Å². The van der Waals surface area contributed by atoms with Crippen LogP contribution < -0.4 is 9.64 Å². The van der Waals surface area contributed by atoms with Crippen molar-refractivity contribution in [1.82, 2.24) is 14.5 Å². The van der Waals surface area contributed by atoms with Crippen molar-refractivity contribution in [2.75, 3.05) is 18.1 Å². The second kappa shape index (κ2) is 10.1. The smallest absolute Gasteiger partial charge is 0.231 e. The lowest BCUT2D eigenvalue weighted by Gasteiger charge is -2.23. The van der Waals surface area contributed by atoms with Gasteiger partial charge in [-0.3, -0.25) is 9.69 Å². The number of carbonyl (C=O) groups excluding carboxylic acids is 1. The van der Waals surface area contributed by atoms with Gasteiger partial charge in [-0.2, -0.15) is 0 Å².